The molecule has 0 amide bonds. The molecule has 3 aromatic rings. The summed E-state index contributed by atoms with van der Waals surface area (Å²) in [6.07, 6.45) is 11.1. The molecule has 1 fully saturated rings. The lowest BCUT2D eigenvalue weighted by Crippen LogP contribution is -2.47. The molecule has 2 aliphatic heterocycles. The summed E-state index contributed by atoms with van der Waals surface area (Å²) < 4.78 is 0. The fraction of sp³-hybridized carbons (Fsp3) is 0.304. The molecule has 5 rings (SSSR count). The monoisotopic (exact) mass is 341 g/mol. The molecule has 2 atom stereocenters. The van der Waals surface area contributed by atoms with Gasteiger partial charge >= 0.3 is 0 Å². The van der Waals surface area contributed by atoms with E-state index in [2.05, 4.69) is 69.5 Å². The summed E-state index contributed by atoms with van der Waals surface area (Å²) in [5, 5.41) is 0. The number of hydrogen-bond donors (Lipinski definition) is 0. The molecule has 1 aromatic heterocycles. The van der Waals surface area contributed by atoms with Gasteiger partial charge in [-0.15, -0.1) is 0 Å². The van der Waals surface area contributed by atoms with Crippen molar-refractivity contribution >= 4 is 16.6 Å². The van der Waals surface area contributed by atoms with Gasteiger partial charge in [0.2, 0.25) is 0 Å². The Bertz CT molecular complexity index is 948. The van der Waals surface area contributed by atoms with Crippen LogP contribution in [-0.4, -0.2) is 27.0 Å². The van der Waals surface area contributed by atoms with Gasteiger partial charge in [-0.1, -0.05) is 48.9 Å². The van der Waals surface area contributed by atoms with Crippen molar-refractivity contribution < 1.29 is 0 Å². The Morgan fingerprint density at radius 1 is 0.923 bits per heavy atom. The van der Waals surface area contributed by atoms with Gasteiger partial charge in [0.15, 0.2) is 0 Å². The first-order chi connectivity index (χ1) is 12.9. The van der Waals surface area contributed by atoms with E-state index >= 15 is 0 Å². The molecule has 2 bridgehead atoms. The van der Waals surface area contributed by atoms with E-state index in [4.69, 9.17) is 0 Å². The summed E-state index contributed by atoms with van der Waals surface area (Å²) in [7, 11) is 0. The van der Waals surface area contributed by atoms with Crippen molar-refractivity contribution in [3.05, 3.63) is 78.1 Å². The predicted molar refractivity (Wildman–Crippen MR) is 106 cm³/mol. The summed E-state index contributed by atoms with van der Waals surface area (Å²) in [4.78, 5) is 11.6. The van der Waals surface area contributed by atoms with Crippen LogP contribution in [0.5, 0.6) is 0 Å². The maximum absolute atomic E-state index is 4.48. The van der Waals surface area contributed by atoms with E-state index in [1.54, 1.807) is 12.4 Å². The second-order valence-electron chi connectivity index (χ2n) is 7.47. The van der Waals surface area contributed by atoms with Gasteiger partial charge in [-0.25, -0.2) is 0 Å². The predicted octanol–water partition coefficient (Wildman–Crippen LogP) is 4.84. The standard InChI is InChI=1S/C23H23N3/c1-2-5-17(6-3-1)16-26-20-7-4-8-21(26)14-19(13-20)18-9-10-22-23(15-18)25-12-11-24-22/h1-3,5-6,9-13,15,20-21H,4,7-8,14,16H2. The minimum Gasteiger partial charge on any atom is -0.289 e. The highest BCUT2D eigenvalue weighted by atomic mass is 15.2. The van der Waals surface area contributed by atoms with Crippen LogP contribution in [0.15, 0.2) is 67.0 Å². The van der Waals surface area contributed by atoms with Gasteiger partial charge in [0.05, 0.1) is 11.0 Å². The summed E-state index contributed by atoms with van der Waals surface area (Å²) >= 11 is 0. The maximum atomic E-state index is 4.48. The van der Waals surface area contributed by atoms with Gasteiger partial charge in [0.1, 0.15) is 0 Å². The average molecular weight is 341 g/mol. The van der Waals surface area contributed by atoms with Gasteiger partial charge in [-0.05, 0) is 48.1 Å². The lowest BCUT2D eigenvalue weighted by atomic mass is 9.82. The van der Waals surface area contributed by atoms with Crippen molar-refractivity contribution in [2.24, 2.45) is 0 Å². The van der Waals surface area contributed by atoms with E-state index < -0.39 is 0 Å². The van der Waals surface area contributed by atoms with Crippen LogP contribution in [0.3, 0.4) is 0 Å². The van der Waals surface area contributed by atoms with Crippen LogP contribution in [0.2, 0.25) is 0 Å². The highest BCUT2D eigenvalue weighted by Crippen LogP contribution is 2.38. The van der Waals surface area contributed by atoms with Gasteiger partial charge in [-0.2, -0.15) is 0 Å². The number of benzene rings is 2. The fourth-order valence-electron chi connectivity index (χ4n) is 4.54. The largest absolute Gasteiger partial charge is 0.289 e. The Hall–Kier alpha value is -2.52. The van der Waals surface area contributed by atoms with E-state index in [1.807, 2.05) is 0 Å². The first kappa shape index (κ1) is 15.7. The van der Waals surface area contributed by atoms with Crippen LogP contribution in [0, 0.1) is 0 Å². The minimum atomic E-state index is 0.551. The van der Waals surface area contributed by atoms with Gasteiger partial charge in [0.25, 0.3) is 0 Å². The first-order valence-electron chi connectivity index (χ1n) is 9.58. The van der Waals surface area contributed by atoms with Gasteiger partial charge < -0.3 is 0 Å². The molecular weight excluding hydrogens is 318 g/mol. The van der Waals surface area contributed by atoms with Crippen LogP contribution >= 0.6 is 0 Å². The minimum absolute atomic E-state index is 0.551. The smallest absolute Gasteiger partial charge is 0.0892 e. The van der Waals surface area contributed by atoms with Crippen molar-refractivity contribution in [3.63, 3.8) is 0 Å². The Kier molecular flexibility index (Phi) is 4.02. The summed E-state index contributed by atoms with van der Waals surface area (Å²) in [6.45, 7) is 1.06. The number of nitrogens with zero attached hydrogens (tertiary/aromatic N) is 3. The summed E-state index contributed by atoms with van der Waals surface area (Å²) in [5.74, 6) is 0. The molecule has 3 nitrogen and oxygen atoms in total. The second kappa shape index (κ2) is 6.65. The Morgan fingerprint density at radius 2 is 1.77 bits per heavy atom. The number of rotatable bonds is 3. The second-order valence-corrected chi connectivity index (χ2v) is 7.47. The molecule has 0 saturated carbocycles. The van der Waals surface area contributed by atoms with Crippen LogP contribution in [0.4, 0.5) is 0 Å². The highest BCUT2D eigenvalue weighted by molar-refractivity contribution is 5.80. The van der Waals surface area contributed by atoms with Gasteiger partial charge in [0, 0.05) is 31.0 Å². The number of aromatic nitrogens is 2. The third-order valence-electron chi connectivity index (χ3n) is 5.83. The lowest BCUT2D eigenvalue weighted by molar-refractivity contribution is 0.0951. The van der Waals surface area contributed by atoms with E-state index in [9.17, 15) is 0 Å². The fourth-order valence-corrected chi connectivity index (χ4v) is 4.54. The van der Waals surface area contributed by atoms with Crippen LogP contribution in [-0.2, 0) is 6.54 Å². The van der Waals surface area contributed by atoms with Crippen molar-refractivity contribution in [1.82, 2.24) is 14.9 Å². The zero-order valence-electron chi connectivity index (χ0n) is 14.9. The molecule has 0 N–H and O–H groups in total. The lowest BCUT2D eigenvalue weighted by Gasteiger charge is -2.45. The normalized spacial score (nSPS) is 23.0. The quantitative estimate of drug-likeness (QED) is 0.682. The maximum Gasteiger partial charge on any atom is 0.0892 e. The molecule has 3 heterocycles. The van der Waals surface area contributed by atoms with E-state index in [-0.39, 0.29) is 0 Å². The van der Waals surface area contributed by atoms with Crippen LogP contribution in [0.25, 0.3) is 16.6 Å². The third kappa shape index (κ3) is 2.93. The molecule has 1 saturated heterocycles. The Balaban J connectivity index is 1.46. The molecule has 0 aliphatic carbocycles. The van der Waals surface area contributed by atoms with Crippen LogP contribution < -0.4 is 0 Å². The molecule has 3 heteroatoms. The topological polar surface area (TPSA) is 29.0 Å². The molecule has 2 aromatic carbocycles. The van der Waals surface area contributed by atoms with Gasteiger partial charge in [-0.3, -0.25) is 14.9 Å². The van der Waals surface area contributed by atoms with E-state index in [1.165, 1.54) is 36.0 Å². The Morgan fingerprint density at radius 3 is 2.62 bits per heavy atom. The summed E-state index contributed by atoms with van der Waals surface area (Å²) in [6, 6.07) is 18.6. The first-order valence-corrected chi connectivity index (χ1v) is 9.58. The molecular formula is C23H23N3. The molecule has 2 unspecified atom stereocenters. The van der Waals surface area contributed by atoms with E-state index in [0.717, 1.165) is 24.0 Å². The highest BCUT2D eigenvalue weighted by Gasteiger charge is 2.34. The molecule has 2 aliphatic rings. The number of piperidine rings is 1. The van der Waals surface area contributed by atoms with E-state index in [0.29, 0.717) is 12.1 Å². The molecule has 0 radical (unpaired) electrons. The van der Waals surface area contributed by atoms with Crippen molar-refractivity contribution in [2.45, 2.75) is 44.3 Å². The SMILES string of the molecule is C1=C(c2ccc3nccnc3c2)CC2CCCC1N2Cc1ccccc1. The zero-order valence-corrected chi connectivity index (χ0v) is 14.9. The number of fused-ring (bicyclic) bond motifs is 3. The molecule has 0 spiro atoms. The molecule has 26 heavy (non-hydrogen) atoms. The third-order valence-corrected chi connectivity index (χ3v) is 5.83. The average Bonchev–Trinajstić information content (AvgIpc) is 2.68. The Labute approximate surface area is 154 Å². The molecule has 130 valence electrons. The number of hydrogen-bond acceptors (Lipinski definition) is 3. The van der Waals surface area contributed by atoms with Crippen molar-refractivity contribution in [2.75, 3.05) is 0 Å². The van der Waals surface area contributed by atoms with Crippen molar-refractivity contribution in [3.8, 4) is 0 Å². The van der Waals surface area contributed by atoms with Crippen molar-refractivity contribution in [1.29, 1.82) is 0 Å². The summed E-state index contributed by atoms with van der Waals surface area (Å²) in [5.41, 5.74) is 6.18. The zero-order chi connectivity index (χ0) is 17.3. The van der Waals surface area contributed by atoms with Crippen LogP contribution in [0.1, 0.15) is 36.8 Å².